The minimum absolute atomic E-state index is 0.218. The van der Waals surface area contributed by atoms with Crippen molar-refractivity contribution in [2.24, 2.45) is 35.0 Å². The van der Waals surface area contributed by atoms with Gasteiger partial charge in [-0.1, -0.05) is 95.4 Å². The van der Waals surface area contributed by atoms with Crippen LogP contribution in [0.25, 0.3) is 0 Å². The number of nitrogens with one attached hydrogen (secondary N) is 2. The van der Waals surface area contributed by atoms with E-state index in [0.29, 0.717) is 44.9 Å². The quantitative estimate of drug-likeness (QED) is 0.229. The van der Waals surface area contributed by atoms with Crippen LogP contribution in [0.4, 0.5) is 0 Å². The van der Waals surface area contributed by atoms with Crippen molar-refractivity contribution in [3.05, 3.63) is 0 Å². The van der Waals surface area contributed by atoms with Gasteiger partial charge in [-0.15, -0.1) is 0 Å². The van der Waals surface area contributed by atoms with E-state index in [-0.39, 0.29) is 13.1 Å². The predicted octanol–water partition coefficient (Wildman–Crippen LogP) is 4.55. The van der Waals surface area contributed by atoms with Gasteiger partial charge in [0.05, 0.1) is 5.41 Å². The number of amides is 7. The van der Waals surface area contributed by atoms with E-state index in [1.165, 1.54) is 45.6 Å². The van der Waals surface area contributed by atoms with E-state index in [1.54, 1.807) is 76.2 Å². The van der Waals surface area contributed by atoms with E-state index < -0.39 is 143 Å². The molecule has 0 bridgehead atoms. The molecule has 0 radical (unpaired) electrons. The number of hydrogen-bond acceptors (Lipinski definition) is 11. The van der Waals surface area contributed by atoms with E-state index in [9.17, 15) is 43.2 Å². The Labute approximate surface area is 418 Å². The lowest BCUT2D eigenvalue weighted by Gasteiger charge is -2.40. The van der Waals surface area contributed by atoms with Crippen molar-refractivity contribution in [1.82, 2.24) is 35.1 Å². The summed E-state index contributed by atoms with van der Waals surface area (Å²) in [6.07, 6.45) is 2.46. The number of fused-ring (bicyclic) bond motifs is 2. The number of carbonyl (C=O) groups excluding carboxylic acids is 9. The van der Waals surface area contributed by atoms with Crippen molar-refractivity contribution in [2.45, 2.75) is 209 Å². The van der Waals surface area contributed by atoms with E-state index >= 15 is 0 Å². The highest BCUT2D eigenvalue weighted by Crippen LogP contribution is 2.32. The van der Waals surface area contributed by atoms with Crippen LogP contribution in [0.2, 0.25) is 0 Å². The zero-order chi connectivity index (χ0) is 53.3. The first-order valence-corrected chi connectivity index (χ1v) is 26.0. The summed E-state index contributed by atoms with van der Waals surface area (Å²) in [6, 6.07) is -7.48. The van der Waals surface area contributed by atoms with Crippen molar-refractivity contribution >= 4 is 53.3 Å². The predicted molar refractivity (Wildman–Crippen MR) is 265 cm³/mol. The molecule has 3 aliphatic heterocycles. The van der Waals surface area contributed by atoms with Gasteiger partial charge >= 0.3 is 11.9 Å². The average Bonchev–Trinajstić information content (AvgIpc) is 4.00. The van der Waals surface area contributed by atoms with E-state index in [0.717, 1.165) is 12.8 Å². The minimum Gasteiger partial charge on any atom is -0.460 e. The Balaban J connectivity index is 2.21. The second-order valence-corrected chi connectivity index (χ2v) is 22.1. The first kappa shape index (κ1) is 59.5. The molecule has 2 N–H and O–H groups in total. The Kier molecular flexibility index (Phi) is 21.7. The summed E-state index contributed by atoms with van der Waals surface area (Å²) in [5, 5.41) is 5.84. The van der Waals surface area contributed by atoms with Gasteiger partial charge in [0.25, 0.3) is 5.91 Å². The molecule has 0 aromatic rings. The third-order valence-corrected chi connectivity index (χ3v) is 15.0. The molecular formula is C52H89N7O11. The van der Waals surface area contributed by atoms with Crippen LogP contribution in [0.1, 0.15) is 155 Å². The third-order valence-electron chi connectivity index (χ3n) is 15.0. The van der Waals surface area contributed by atoms with Crippen molar-refractivity contribution in [1.29, 1.82) is 0 Å². The van der Waals surface area contributed by atoms with Crippen LogP contribution >= 0.6 is 0 Å². The fourth-order valence-electron chi connectivity index (χ4n) is 10.0. The van der Waals surface area contributed by atoms with Crippen LogP contribution in [0.3, 0.4) is 0 Å². The summed E-state index contributed by atoms with van der Waals surface area (Å²) in [5.41, 5.74) is -1.38. The SMILES string of the molecule is CCCCC[C@H]1OC(=O)[C@H](C(C)C)NC(=O)[C@@H]2CCCN2C(=O)[C@@H]2CCCN2C(=O)[C@H](C(C)C)OC(=O)[C@H](C(C)C)N(C)C(=O)[C@H](C(C)C)N(C)C(=O)[C@H](C)N(C)C(=O)[C@H]([C@@H](C)CC)NC(=O)C1(C)C. The number of rotatable bonds is 10. The molecule has 3 rings (SSSR count). The normalized spacial score (nSPS) is 29.6. The molecule has 3 aliphatic rings. The van der Waals surface area contributed by atoms with Crippen molar-refractivity contribution in [2.75, 3.05) is 34.2 Å². The molecule has 7 amide bonds. The topological polar surface area (TPSA) is 212 Å². The summed E-state index contributed by atoms with van der Waals surface area (Å²) in [6.45, 7) is 25.1. The summed E-state index contributed by atoms with van der Waals surface area (Å²) in [4.78, 5) is 137. The number of unbranched alkanes of at least 4 members (excludes halogenated alkanes) is 2. The Morgan fingerprint density at radius 1 is 0.586 bits per heavy atom. The van der Waals surface area contributed by atoms with Crippen LogP contribution in [0, 0.1) is 35.0 Å². The molecule has 18 heteroatoms. The van der Waals surface area contributed by atoms with Crippen LogP contribution in [0.15, 0.2) is 0 Å². The van der Waals surface area contributed by atoms with Gasteiger partial charge in [0.2, 0.25) is 35.4 Å². The van der Waals surface area contributed by atoms with Crippen molar-refractivity contribution in [3.8, 4) is 0 Å². The summed E-state index contributed by atoms with van der Waals surface area (Å²) >= 11 is 0. The molecule has 3 fully saturated rings. The molecule has 0 aliphatic carbocycles. The first-order chi connectivity index (χ1) is 32.6. The van der Waals surface area contributed by atoms with Crippen LogP contribution in [0.5, 0.6) is 0 Å². The summed E-state index contributed by atoms with van der Waals surface area (Å²) < 4.78 is 12.3. The maximum atomic E-state index is 14.6. The van der Waals surface area contributed by atoms with E-state index in [2.05, 4.69) is 10.6 Å². The molecule has 3 heterocycles. The number of carbonyl (C=O) groups is 9. The molecule has 398 valence electrons. The highest BCUT2D eigenvalue weighted by Gasteiger charge is 2.48. The van der Waals surface area contributed by atoms with E-state index in [4.69, 9.17) is 9.47 Å². The third kappa shape index (κ3) is 13.6. The molecular weight excluding hydrogens is 899 g/mol. The van der Waals surface area contributed by atoms with Gasteiger partial charge in [0, 0.05) is 34.2 Å². The second-order valence-electron chi connectivity index (χ2n) is 22.1. The Hall–Kier alpha value is -4.77. The van der Waals surface area contributed by atoms with Gasteiger partial charge < -0.3 is 44.6 Å². The molecule has 10 atom stereocenters. The van der Waals surface area contributed by atoms with Gasteiger partial charge in [0.1, 0.15) is 48.4 Å². The number of esters is 2. The van der Waals surface area contributed by atoms with Gasteiger partial charge in [0.15, 0.2) is 6.10 Å². The Morgan fingerprint density at radius 2 is 1.13 bits per heavy atom. The van der Waals surface area contributed by atoms with Gasteiger partial charge in [-0.05, 0) is 88.9 Å². The molecule has 0 aromatic carbocycles. The molecule has 18 nitrogen and oxygen atoms in total. The van der Waals surface area contributed by atoms with Gasteiger partial charge in [-0.2, -0.15) is 0 Å². The smallest absolute Gasteiger partial charge is 0.329 e. The maximum Gasteiger partial charge on any atom is 0.329 e. The highest BCUT2D eigenvalue weighted by molar-refractivity contribution is 5.97. The average molecular weight is 988 g/mol. The lowest BCUT2D eigenvalue weighted by atomic mass is 9.81. The lowest BCUT2D eigenvalue weighted by Crippen LogP contribution is -2.61. The molecule has 3 saturated heterocycles. The van der Waals surface area contributed by atoms with Crippen LogP contribution in [-0.2, 0) is 52.6 Å². The second kappa shape index (κ2) is 25.6. The summed E-state index contributed by atoms with van der Waals surface area (Å²) in [7, 11) is 4.41. The Morgan fingerprint density at radius 3 is 1.64 bits per heavy atom. The van der Waals surface area contributed by atoms with Crippen LogP contribution < -0.4 is 10.6 Å². The number of nitrogens with zero attached hydrogens (tertiary/aromatic N) is 5. The van der Waals surface area contributed by atoms with Crippen molar-refractivity contribution in [3.63, 3.8) is 0 Å². The van der Waals surface area contributed by atoms with E-state index in [1.807, 2.05) is 20.8 Å². The standard InChI is InChI=1S/C52H89N7O11/c1-18-20-21-26-37-52(13,14)51(68)54-39(33(11)19-2)46(63)55(15)34(12)44(61)56(16)40(30(5)6)47(64)57(17)41(31(7)8)50(67)70-42(32(9)10)48(65)59-28-23-25-36(59)45(62)58-27-22-24-35(58)43(60)53-38(29(3)4)49(66)69-37/h29-42H,18-28H2,1-17H3,(H,53,60)(H,54,68)/t33-,34-,35-,36-,37+,38-,39-,40-,41-,42-/m0/s1. The monoisotopic (exact) mass is 988 g/mol. The number of cyclic esters (lactones) is 2. The largest absolute Gasteiger partial charge is 0.460 e. The number of likely N-dealkylation sites (N-methyl/N-ethyl adjacent to an activating group) is 3. The number of ether oxygens (including phenoxy) is 2. The zero-order valence-electron chi connectivity index (χ0n) is 45.6. The lowest BCUT2D eigenvalue weighted by molar-refractivity contribution is -0.172. The fourth-order valence-corrected chi connectivity index (χ4v) is 10.0. The van der Waals surface area contributed by atoms with Gasteiger partial charge in [-0.3, -0.25) is 33.6 Å². The molecule has 0 saturated carbocycles. The minimum atomic E-state index is -1.38. The van der Waals surface area contributed by atoms with Gasteiger partial charge in [-0.25, -0.2) is 9.59 Å². The van der Waals surface area contributed by atoms with Crippen molar-refractivity contribution < 1.29 is 52.6 Å². The summed E-state index contributed by atoms with van der Waals surface area (Å²) in [5.74, 6) is -7.64. The molecule has 0 aromatic heterocycles. The number of hydrogen-bond donors (Lipinski definition) is 2. The highest BCUT2D eigenvalue weighted by atomic mass is 16.6. The van der Waals surface area contributed by atoms with Crippen LogP contribution in [-0.4, -0.2) is 167 Å². The molecule has 0 spiro atoms. The zero-order valence-corrected chi connectivity index (χ0v) is 45.6. The fraction of sp³-hybridized carbons (Fsp3) is 0.827. The molecule has 70 heavy (non-hydrogen) atoms. The first-order valence-electron chi connectivity index (χ1n) is 26.0. The Bertz CT molecular complexity index is 1890. The maximum absolute atomic E-state index is 14.6. The molecule has 0 unspecified atom stereocenters.